The monoisotopic (exact) mass is 595 g/mol. The number of carbonyl (C=O) groups is 2. The van der Waals surface area contributed by atoms with Crippen molar-refractivity contribution in [1.82, 2.24) is 20.2 Å². The Balaban J connectivity index is 1.78. The number of aromatic nitrogens is 2. The summed E-state index contributed by atoms with van der Waals surface area (Å²) in [6, 6.07) is -2.68. The van der Waals surface area contributed by atoms with Gasteiger partial charge in [0, 0.05) is 24.3 Å². The molecule has 1 unspecified atom stereocenters. The lowest BCUT2D eigenvalue weighted by atomic mass is 10.1. The summed E-state index contributed by atoms with van der Waals surface area (Å²) < 4.78 is 87.5. The van der Waals surface area contributed by atoms with Crippen LogP contribution in [0.1, 0.15) is 59.0 Å². The van der Waals surface area contributed by atoms with Gasteiger partial charge in [-0.05, 0) is 32.3 Å². The number of ether oxygens (including phenoxy) is 1. The van der Waals surface area contributed by atoms with E-state index in [1.54, 1.807) is 6.92 Å². The minimum absolute atomic E-state index is 0.00943. The Morgan fingerprint density at radius 1 is 1.25 bits per heavy atom. The molecular formula is C24H27F6N5O4S. The largest absolute Gasteiger partial charge is 0.417 e. The Labute approximate surface area is 228 Å². The molecule has 0 spiro atoms. The molecule has 220 valence electrons. The van der Waals surface area contributed by atoms with E-state index in [2.05, 4.69) is 15.3 Å². The van der Waals surface area contributed by atoms with Gasteiger partial charge in [0.05, 0.1) is 35.8 Å². The van der Waals surface area contributed by atoms with Crippen LogP contribution >= 0.6 is 11.3 Å². The molecule has 9 nitrogen and oxygen atoms in total. The number of alkyl halides is 6. The second-order valence-electron chi connectivity index (χ2n) is 9.63. The summed E-state index contributed by atoms with van der Waals surface area (Å²) in [6.45, 7) is 3.34. The number of halogens is 6. The highest BCUT2D eigenvalue weighted by Crippen LogP contribution is 2.42. The van der Waals surface area contributed by atoms with Crippen LogP contribution in [0.2, 0.25) is 0 Å². The molecule has 0 bridgehead atoms. The van der Waals surface area contributed by atoms with Crippen molar-refractivity contribution in [2.75, 3.05) is 25.1 Å². The van der Waals surface area contributed by atoms with E-state index in [1.807, 2.05) is 5.32 Å². The Morgan fingerprint density at radius 3 is 2.52 bits per heavy atom. The summed E-state index contributed by atoms with van der Waals surface area (Å²) in [5, 5.41) is 14.1. The molecule has 3 N–H and O–H groups in total. The highest BCUT2D eigenvalue weighted by atomic mass is 32.1. The zero-order chi connectivity index (χ0) is 29.4. The van der Waals surface area contributed by atoms with Gasteiger partial charge in [0.25, 0.3) is 11.8 Å². The van der Waals surface area contributed by atoms with Crippen molar-refractivity contribution < 1.29 is 45.8 Å². The van der Waals surface area contributed by atoms with Crippen LogP contribution in [0.4, 0.5) is 32.2 Å². The zero-order valence-corrected chi connectivity index (χ0v) is 22.2. The fourth-order valence-electron chi connectivity index (χ4n) is 4.57. The van der Waals surface area contributed by atoms with Crippen LogP contribution in [-0.2, 0) is 10.9 Å². The molecule has 4 atom stereocenters. The maximum absolute atomic E-state index is 14.2. The van der Waals surface area contributed by atoms with Gasteiger partial charge in [0.2, 0.25) is 0 Å². The summed E-state index contributed by atoms with van der Waals surface area (Å²) in [6.07, 6.45) is -9.15. The van der Waals surface area contributed by atoms with Gasteiger partial charge in [-0.2, -0.15) is 26.3 Å². The minimum Gasteiger partial charge on any atom is -0.388 e. The number of amides is 2. The number of likely N-dealkylation sites (tertiary alicyclic amines) is 1. The number of aliphatic hydroxyl groups is 1. The van der Waals surface area contributed by atoms with Gasteiger partial charge in [-0.3, -0.25) is 9.59 Å². The molecule has 4 heterocycles. The number of nitrogens with one attached hydrogen (secondary N) is 2. The Kier molecular flexibility index (Phi) is 8.61. The van der Waals surface area contributed by atoms with Crippen LogP contribution in [0, 0.1) is 0 Å². The number of pyridine rings is 1. The number of rotatable bonds is 7. The number of anilines is 1. The molecule has 40 heavy (non-hydrogen) atoms. The van der Waals surface area contributed by atoms with Gasteiger partial charge in [0.1, 0.15) is 17.6 Å². The van der Waals surface area contributed by atoms with E-state index in [0.29, 0.717) is 36.8 Å². The molecule has 0 aliphatic carbocycles. The van der Waals surface area contributed by atoms with Crippen molar-refractivity contribution >= 4 is 29.0 Å². The SMILES string of the molecule is CCC(Nc1cc(C(F)(F)F)c(-c2sc(C(=O)N[C@H]3COC[C@@H]3O)nc2C(=O)N2CCC[C@@H]2C)cn1)C(F)(F)F. The number of aliphatic hydroxyl groups excluding tert-OH is 1. The van der Waals surface area contributed by atoms with Crippen LogP contribution in [0.15, 0.2) is 12.3 Å². The van der Waals surface area contributed by atoms with Crippen LogP contribution in [-0.4, -0.2) is 82.0 Å². The zero-order valence-electron chi connectivity index (χ0n) is 21.4. The topological polar surface area (TPSA) is 117 Å². The van der Waals surface area contributed by atoms with Crippen molar-refractivity contribution in [3.63, 3.8) is 0 Å². The average molecular weight is 596 g/mol. The standard InChI is InChI=1S/C24H27F6N5O4S/c1-3-16(24(28,29)30)33-17-7-13(23(25,26)27)12(8-31-17)19-18(22(38)35-6-4-5-11(35)2)34-21(40-19)20(37)32-14-9-39-10-15(14)36/h7-8,11,14-16,36H,3-6,9-10H2,1-2H3,(H,31,33)(H,32,37)/t11-,14-,15-,16?/m0/s1. The Bertz CT molecular complexity index is 1250. The number of hydrogen-bond acceptors (Lipinski definition) is 8. The molecule has 0 radical (unpaired) electrons. The summed E-state index contributed by atoms with van der Waals surface area (Å²) >= 11 is 0.519. The van der Waals surface area contributed by atoms with Gasteiger partial charge < -0.3 is 25.4 Å². The minimum atomic E-state index is -5.05. The van der Waals surface area contributed by atoms with Gasteiger partial charge in [0.15, 0.2) is 5.01 Å². The highest BCUT2D eigenvalue weighted by molar-refractivity contribution is 7.17. The lowest BCUT2D eigenvalue weighted by Gasteiger charge is -2.22. The first-order valence-electron chi connectivity index (χ1n) is 12.5. The van der Waals surface area contributed by atoms with Gasteiger partial charge in [-0.1, -0.05) is 6.92 Å². The first-order valence-corrected chi connectivity index (χ1v) is 13.3. The van der Waals surface area contributed by atoms with Gasteiger partial charge in [-0.15, -0.1) is 11.3 Å². The third-order valence-electron chi connectivity index (χ3n) is 6.78. The van der Waals surface area contributed by atoms with Gasteiger partial charge in [-0.25, -0.2) is 9.97 Å². The van der Waals surface area contributed by atoms with E-state index in [1.165, 1.54) is 11.8 Å². The number of thiazole rings is 1. The molecular weight excluding hydrogens is 568 g/mol. The van der Waals surface area contributed by atoms with Crippen LogP contribution in [0.3, 0.4) is 0 Å². The molecule has 2 aromatic heterocycles. The van der Waals surface area contributed by atoms with E-state index >= 15 is 0 Å². The van der Waals surface area contributed by atoms with E-state index in [-0.39, 0.29) is 29.1 Å². The quantitative estimate of drug-likeness (QED) is 0.413. The Hall–Kier alpha value is -2.98. The lowest BCUT2D eigenvalue weighted by molar-refractivity contribution is -0.142. The van der Waals surface area contributed by atoms with E-state index in [9.17, 15) is 41.0 Å². The number of carbonyl (C=O) groups excluding carboxylic acids is 2. The summed E-state index contributed by atoms with van der Waals surface area (Å²) in [5.41, 5.74) is -2.35. The fraction of sp³-hybridized carbons (Fsp3) is 0.583. The Morgan fingerprint density at radius 2 is 1.98 bits per heavy atom. The number of hydrogen-bond donors (Lipinski definition) is 3. The molecule has 2 aromatic rings. The molecule has 4 rings (SSSR count). The fourth-order valence-corrected chi connectivity index (χ4v) is 5.55. The van der Waals surface area contributed by atoms with Crippen molar-refractivity contribution in [3.8, 4) is 10.4 Å². The second kappa shape index (κ2) is 11.5. The third-order valence-corrected chi connectivity index (χ3v) is 7.87. The van der Waals surface area contributed by atoms with Crippen molar-refractivity contribution in [1.29, 1.82) is 0 Å². The van der Waals surface area contributed by atoms with Crippen LogP contribution in [0.25, 0.3) is 10.4 Å². The molecule has 16 heteroatoms. The van der Waals surface area contributed by atoms with Crippen LogP contribution < -0.4 is 10.6 Å². The molecule has 0 aromatic carbocycles. The first kappa shape index (κ1) is 30.0. The van der Waals surface area contributed by atoms with E-state index < -0.39 is 71.4 Å². The molecule has 0 saturated carbocycles. The maximum Gasteiger partial charge on any atom is 0.417 e. The smallest absolute Gasteiger partial charge is 0.388 e. The summed E-state index contributed by atoms with van der Waals surface area (Å²) in [4.78, 5) is 35.4. The second-order valence-corrected chi connectivity index (χ2v) is 10.6. The number of nitrogens with zero attached hydrogens (tertiary/aromatic N) is 3. The molecule has 2 aliphatic heterocycles. The van der Waals surface area contributed by atoms with Crippen molar-refractivity contribution in [2.45, 2.75) is 69.7 Å². The molecule has 2 saturated heterocycles. The predicted molar refractivity (Wildman–Crippen MR) is 132 cm³/mol. The predicted octanol–water partition coefficient (Wildman–Crippen LogP) is 4.09. The maximum atomic E-state index is 14.2. The van der Waals surface area contributed by atoms with Gasteiger partial charge >= 0.3 is 12.4 Å². The normalized spacial score (nSPS) is 22.4. The third kappa shape index (κ3) is 6.33. The average Bonchev–Trinajstić information content (AvgIpc) is 3.61. The van der Waals surface area contributed by atoms with Crippen molar-refractivity contribution in [2.24, 2.45) is 0 Å². The molecule has 2 fully saturated rings. The van der Waals surface area contributed by atoms with E-state index in [4.69, 9.17) is 4.74 Å². The van der Waals surface area contributed by atoms with Crippen LogP contribution in [0.5, 0.6) is 0 Å². The molecule has 2 amide bonds. The summed E-state index contributed by atoms with van der Waals surface area (Å²) in [7, 11) is 0. The molecule has 2 aliphatic rings. The summed E-state index contributed by atoms with van der Waals surface area (Å²) in [5.74, 6) is -2.16. The lowest BCUT2D eigenvalue weighted by Crippen LogP contribution is -2.42. The van der Waals surface area contributed by atoms with Crippen molar-refractivity contribution in [3.05, 3.63) is 28.5 Å². The highest BCUT2D eigenvalue weighted by Gasteiger charge is 2.41. The van der Waals surface area contributed by atoms with E-state index in [0.717, 1.165) is 6.20 Å². The first-order chi connectivity index (χ1) is 18.7.